The number of esters is 3. The summed E-state index contributed by atoms with van der Waals surface area (Å²) in [5, 5.41) is 11.8. The Bertz CT molecular complexity index is 1000. The molecule has 0 bridgehead atoms. The Kier molecular flexibility index (Phi) is 5.89. The molecule has 0 amide bonds. The zero-order valence-electron chi connectivity index (χ0n) is 21.9. The van der Waals surface area contributed by atoms with Crippen LogP contribution >= 0.6 is 0 Å². The van der Waals surface area contributed by atoms with E-state index < -0.39 is 51.8 Å². The van der Waals surface area contributed by atoms with Crippen molar-refractivity contribution in [2.24, 2.45) is 16.7 Å². The Hall–Kier alpha value is -1.97. The van der Waals surface area contributed by atoms with Gasteiger partial charge in [0.25, 0.3) is 0 Å². The first-order valence-corrected chi connectivity index (χ1v) is 13.0. The van der Waals surface area contributed by atoms with E-state index in [1.807, 2.05) is 13.8 Å². The lowest BCUT2D eigenvalue weighted by Gasteiger charge is -2.70. The standard InChI is InChI=1S/C27H38O9/c1-6-16(2)22(31)35-20-11-23(4)24(5,19(29)10-25(36-23)12-21(30)33-13-25)18-8-7-9-26(14-34-26)27(18,20)15-32-17(3)28/h6,18-20,29H,7-15H2,1-5H3. The Morgan fingerprint density at radius 2 is 1.92 bits per heavy atom. The lowest BCUT2D eigenvalue weighted by Crippen LogP contribution is -2.77. The van der Waals surface area contributed by atoms with Crippen molar-refractivity contribution in [1.29, 1.82) is 0 Å². The normalized spacial score (nSPS) is 47.7. The van der Waals surface area contributed by atoms with E-state index in [4.69, 9.17) is 23.7 Å². The largest absolute Gasteiger partial charge is 0.465 e. The maximum absolute atomic E-state index is 13.1. The Morgan fingerprint density at radius 3 is 2.50 bits per heavy atom. The summed E-state index contributed by atoms with van der Waals surface area (Å²) in [6.07, 6.45) is 3.17. The zero-order valence-corrected chi connectivity index (χ0v) is 21.9. The van der Waals surface area contributed by atoms with Gasteiger partial charge in [0, 0.05) is 30.8 Å². The lowest BCUT2D eigenvalue weighted by atomic mass is 9.40. The first-order valence-electron chi connectivity index (χ1n) is 13.0. The number of cyclic esters (lactones) is 1. The summed E-state index contributed by atoms with van der Waals surface area (Å²) in [4.78, 5) is 37.3. The van der Waals surface area contributed by atoms with Crippen LogP contribution in [-0.2, 0) is 38.1 Å². The van der Waals surface area contributed by atoms with E-state index in [-0.39, 0.29) is 44.4 Å². The number of aliphatic hydroxyl groups excluding tert-OH is 1. The van der Waals surface area contributed by atoms with Gasteiger partial charge in [0.2, 0.25) is 0 Å². The van der Waals surface area contributed by atoms with Crippen LogP contribution in [0.15, 0.2) is 11.6 Å². The first-order chi connectivity index (χ1) is 16.9. The number of carbonyl (C=O) groups is 3. The van der Waals surface area contributed by atoms with Crippen LogP contribution in [0.2, 0.25) is 0 Å². The van der Waals surface area contributed by atoms with Gasteiger partial charge in [-0.3, -0.25) is 9.59 Å². The fourth-order valence-electron chi connectivity index (χ4n) is 8.00. The number of aliphatic hydroxyl groups is 1. The van der Waals surface area contributed by atoms with Gasteiger partial charge in [-0.15, -0.1) is 0 Å². The molecule has 9 heteroatoms. The fourth-order valence-corrected chi connectivity index (χ4v) is 8.00. The van der Waals surface area contributed by atoms with Crippen molar-refractivity contribution < 1.29 is 43.2 Å². The molecule has 200 valence electrons. The fraction of sp³-hybridized carbons (Fsp3) is 0.815. The molecule has 0 aromatic carbocycles. The lowest BCUT2D eigenvalue weighted by molar-refractivity contribution is -0.350. The predicted molar refractivity (Wildman–Crippen MR) is 126 cm³/mol. The Morgan fingerprint density at radius 1 is 1.19 bits per heavy atom. The van der Waals surface area contributed by atoms with Crippen LogP contribution in [0.25, 0.3) is 0 Å². The van der Waals surface area contributed by atoms with Crippen LogP contribution in [0.4, 0.5) is 0 Å². The highest BCUT2D eigenvalue weighted by molar-refractivity contribution is 5.87. The number of hydrogen-bond donors (Lipinski definition) is 1. The molecule has 3 saturated heterocycles. The molecular weight excluding hydrogens is 468 g/mol. The van der Waals surface area contributed by atoms with E-state index >= 15 is 0 Å². The number of fused-ring (bicyclic) bond motifs is 4. The molecule has 3 aliphatic heterocycles. The van der Waals surface area contributed by atoms with Crippen LogP contribution in [0.3, 0.4) is 0 Å². The molecule has 5 fully saturated rings. The molecule has 8 unspecified atom stereocenters. The zero-order chi connectivity index (χ0) is 26.1. The molecule has 9 nitrogen and oxygen atoms in total. The molecule has 2 spiro atoms. The molecule has 2 saturated carbocycles. The summed E-state index contributed by atoms with van der Waals surface area (Å²) < 4.78 is 30.2. The van der Waals surface area contributed by atoms with E-state index in [1.165, 1.54) is 6.92 Å². The third-order valence-corrected chi connectivity index (χ3v) is 10.2. The molecule has 36 heavy (non-hydrogen) atoms. The summed E-state index contributed by atoms with van der Waals surface area (Å²) in [6, 6.07) is 0. The second kappa shape index (κ2) is 8.27. The van der Waals surface area contributed by atoms with Gasteiger partial charge in [-0.25, -0.2) is 4.79 Å². The molecule has 2 aliphatic carbocycles. The molecule has 8 atom stereocenters. The second-order valence-electron chi connectivity index (χ2n) is 12.0. The van der Waals surface area contributed by atoms with Crippen LogP contribution in [-0.4, -0.2) is 71.8 Å². The number of carbonyl (C=O) groups excluding carboxylic acids is 3. The van der Waals surface area contributed by atoms with Gasteiger partial charge in [0.1, 0.15) is 30.5 Å². The summed E-state index contributed by atoms with van der Waals surface area (Å²) in [5.41, 5.74) is -3.60. The third kappa shape index (κ3) is 3.42. The number of rotatable bonds is 4. The monoisotopic (exact) mass is 506 g/mol. The minimum absolute atomic E-state index is 0.0327. The van der Waals surface area contributed by atoms with Crippen LogP contribution < -0.4 is 0 Å². The van der Waals surface area contributed by atoms with Crippen molar-refractivity contribution in [2.45, 2.75) is 102 Å². The van der Waals surface area contributed by atoms with E-state index in [0.29, 0.717) is 12.2 Å². The topological polar surface area (TPSA) is 121 Å². The summed E-state index contributed by atoms with van der Waals surface area (Å²) in [7, 11) is 0. The van der Waals surface area contributed by atoms with E-state index in [9.17, 15) is 19.5 Å². The molecule has 5 rings (SSSR count). The van der Waals surface area contributed by atoms with Gasteiger partial charge >= 0.3 is 17.9 Å². The van der Waals surface area contributed by atoms with Crippen LogP contribution in [0.1, 0.15) is 73.1 Å². The van der Waals surface area contributed by atoms with Gasteiger partial charge in [-0.2, -0.15) is 0 Å². The predicted octanol–water partition coefficient (Wildman–Crippen LogP) is 2.62. The van der Waals surface area contributed by atoms with E-state index in [0.717, 1.165) is 19.3 Å². The Balaban J connectivity index is 1.64. The van der Waals surface area contributed by atoms with Gasteiger partial charge < -0.3 is 28.8 Å². The Labute approximate surface area is 211 Å². The van der Waals surface area contributed by atoms with Crippen LogP contribution in [0.5, 0.6) is 0 Å². The van der Waals surface area contributed by atoms with Gasteiger partial charge in [0.15, 0.2) is 0 Å². The maximum Gasteiger partial charge on any atom is 0.333 e. The molecule has 0 aromatic rings. The van der Waals surface area contributed by atoms with Gasteiger partial charge in [0.05, 0.1) is 30.1 Å². The highest BCUT2D eigenvalue weighted by atomic mass is 16.6. The number of hydrogen-bond acceptors (Lipinski definition) is 9. The summed E-state index contributed by atoms with van der Waals surface area (Å²) >= 11 is 0. The smallest absolute Gasteiger partial charge is 0.333 e. The first kappa shape index (κ1) is 25.7. The molecule has 3 heterocycles. The summed E-state index contributed by atoms with van der Waals surface area (Å²) in [6.45, 7) is 9.44. The molecular formula is C27H38O9. The van der Waals surface area contributed by atoms with E-state index in [1.54, 1.807) is 19.9 Å². The summed E-state index contributed by atoms with van der Waals surface area (Å²) in [5.74, 6) is -1.43. The molecule has 0 aromatic heterocycles. The minimum Gasteiger partial charge on any atom is -0.465 e. The van der Waals surface area contributed by atoms with Crippen molar-refractivity contribution >= 4 is 17.9 Å². The quantitative estimate of drug-likeness (QED) is 0.265. The maximum atomic E-state index is 13.1. The minimum atomic E-state index is -0.939. The van der Waals surface area contributed by atoms with Crippen LogP contribution in [0, 0.1) is 16.7 Å². The van der Waals surface area contributed by atoms with Crippen molar-refractivity contribution in [3.8, 4) is 0 Å². The average molecular weight is 507 g/mol. The highest BCUT2D eigenvalue weighted by Gasteiger charge is 2.80. The third-order valence-electron chi connectivity index (χ3n) is 10.2. The van der Waals surface area contributed by atoms with Crippen molar-refractivity contribution in [3.05, 3.63) is 11.6 Å². The highest BCUT2D eigenvalue weighted by Crippen LogP contribution is 2.72. The molecule has 5 aliphatic rings. The van der Waals surface area contributed by atoms with Gasteiger partial charge in [-0.05, 0) is 39.5 Å². The average Bonchev–Trinajstić information content (AvgIpc) is 3.50. The van der Waals surface area contributed by atoms with Crippen molar-refractivity contribution in [2.75, 3.05) is 19.8 Å². The number of ether oxygens (including phenoxy) is 5. The van der Waals surface area contributed by atoms with E-state index in [2.05, 4.69) is 0 Å². The number of allylic oxidation sites excluding steroid dienone is 1. The van der Waals surface area contributed by atoms with Crippen molar-refractivity contribution in [3.63, 3.8) is 0 Å². The molecule has 1 N–H and O–H groups in total. The second-order valence-corrected chi connectivity index (χ2v) is 12.0. The SMILES string of the molecule is CC=C(C)C(=O)OC1CC2(C)OC3(COC(=O)C3)CC(O)C2(C)C2CCCC3(CO3)C12COC(C)=O. The molecule has 0 radical (unpaired) electrons. The van der Waals surface area contributed by atoms with Crippen molar-refractivity contribution in [1.82, 2.24) is 0 Å². The number of epoxide rings is 1. The van der Waals surface area contributed by atoms with Gasteiger partial charge in [-0.1, -0.05) is 19.4 Å².